The van der Waals surface area contributed by atoms with Gasteiger partial charge in [-0.2, -0.15) is 0 Å². The number of hydrogen-bond acceptors (Lipinski definition) is 5. The minimum atomic E-state index is -0.417. The number of carbonyl (C=O) groups excluding carboxylic acids is 1. The molecule has 3 heterocycles. The highest BCUT2D eigenvalue weighted by molar-refractivity contribution is 5.90. The number of hydrogen-bond donors (Lipinski definition) is 0. The zero-order chi connectivity index (χ0) is 18.8. The van der Waals surface area contributed by atoms with Gasteiger partial charge in [0.25, 0.3) is 0 Å². The molecular weight excluding hydrogens is 347 g/mol. The van der Waals surface area contributed by atoms with Gasteiger partial charge in [-0.3, -0.25) is 4.79 Å². The Morgan fingerprint density at radius 2 is 2.00 bits per heavy atom. The summed E-state index contributed by atoms with van der Waals surface area (Å²) in [5.41, 5.74) is 0.583. The van der Waals surface area contributed by atoms with E-state index in [1.807, 2.05) is 4.90 Å². The van der Waals surface area contributed by atoms with Crippen LogP contribution in [0, 0.1) is 11.7 Å². The van der Waals surface area contributed by atoms with Crippen molar-refractivity contribution in [2.75, 3.05) is 38.2 Å². The highest BCUT2D eigenvalue weighted by atomic mass is 19.1. The normalized spacial score (nSPS) is 19.0. The van der Waals surface area contributed by atoms with Crippen LogP contribution in [0.15, 0.2) is 18.5 Å². The third kappa shape index (κ3) is 3.68. The SMILES string of the molecule is COc1cc2c(N3CCC(CN4CCCCC4=O)CC3)ncnc2cc1F. The number of nitrogens with zero attached hydrogens (tertiary/aromatic N) is 4. The predicted molar refractivity (Wildman–Crippen MR) is 101 cm³/mol. The second-order valence-corrected chi connectivity index (χ2v) is 7.43. The monoisotopic (exact) mass is 372 g/mol. The summed E-state index contributed by atoms with van der Waals surface area (Å²) in [7, 11) is 1.46. The van der Waals surface area contributed by atoms with Crippen molar-refractivity contribution in [1.29, 1.82) is 0 Å². The Bertz CT molecular complexity index is 836. The molecule has 2 aliphatic heterocycles. The summed E-state index contributed by atoms with van der Waals surface area (Å²) in [5.74, 6) is 1.45. The first kappa shape index (κ1) is 17.9. The number of fused-ring (bicyclic) bond motifs is 1. The van der Waals surface area contributed by atoms with E-state index in [4.69, 9.17) is 4.74 Å². The van der Waals surface area contributed by atoms with Crippen molar-refractivity contribution in [3.8, 4) is 5.75 Å². The number of aromatic nitrogens is 2. The van der Waals surface area contributed by atoms with Gasteiger partial charge in [-0.25, -0.2) is 14.4 Å². The van der Waals surface area contributed by atoms with Gasteiger partial charge in [0.1, 0.15) is 12.1 Å². The molecule has 0 radical (unpaired) electrons. The van der Waals surface area contributed by atoms with E-state index in [1.54, 1.807) is 6.07 Å². The third-order valence-corrected chi connectivity index (χ3v) is 5.70. The molecule has 2 aliphatic rings. The number of anilines is 1. The fourth-order valence-corrected chi connectivity index (χ4v) is 4.15. The summed E-state index contributed by atoms with van der Waals surface area (Å²) in [4.78, 5) is 25.0. The second-order valence-electron chi connectivity index (χ2n) is 7.43. The summed E-state index contributed by atoms with van der Waals surface area (Å²) in [6, 6.07) is 3.08. The number of halogens is 1. The van der Waals surface area contributed by atoms with Gasteiger partial charge in [0, 0.05) is 44.1 Å². The first-order chi connectivity index (χ1) is 13.2. The van der Waals surface area contributed by atoms with Crippen LogP contribution in [-0.2, 0) is 4.79 Å². The van der Waals surface area contributed by atoms with Gasteiger partial charge in [-0.05, 0) is 37.7 Å². The van der Waals surface area contributed by atoms with E-state index < -0.39 is 5.82 Å². The van der Waals surface area contributed by atoms with Crippen LogP contribution in [0.2, 0.25) is 0 Å². The molecule has 6 nitrogen and oxygen atoms in total. The third-order valence-electron chi connectivity index (χ3n) is 5.70. The molecule has 0 N–H and O–H groups in total. The van der Waals surface area contributed by atoms with E-state index in [9.17, 15) is 9.18 Å². The Morgan fingerprint density at radius 3 is 2.74 bits per heavy atom. The van der Waals surface area contributed by atoms with Gasteiger partial charge >= 0.3 is 0 Å². The van der Waals surface area contributed by atoms with E-state index in [-0.39, 0.29) is 5.75 Å². The lowest BCUT2D eigenvalue weighted by molar-refractivity contribution is -0.134. The summed E-state index contributed by atoms with van der Waals surface area (Å²) in [6.45, 7) is 3.52. The Hall–Kier alpha value is -2.44. The van der Waals surface area contributed by atoms with E-state index >= 15 is 0 Å². The predicted octanol–water partition coefficient (Wildman–Crippen LogP) is 3.01. The van der Waals surface area contributed by atoms with Gasteiger partial charge < -0.3 is 14.5 Å². The van der Waals surface area contributed by atoms with Gasteiger partial charge in [0.05, 0.1) is 12.6 Å². The summed E-state index contributed by atoms with van der Waals surface area (Å²) in [5, 5.41) is 0.806. The number of rotatable bonds is 4. The average molecular weight is 372 g/mol. The maximum atomic E-state index is 14.0. The van der Waals surface area contributed by atoms with Crippen LogP contribution in [0.25, 0.3) is 10.9 Å². The number of carbonyl (C=O) groups is 1. The van der Waals surface area contributed by atoms with Gasteiger partial charge in [0.2, 0.25) is 5.91 Å². The quantitative estimate of drug-likeness (QED) is 0.826. The topological polar surface area (TPSA) is 58.6 Å². The molecule has 1 aromatic carbocycles. The minimum Gasteiger partial charge on any atom is -0.494 e. The molecular formula is C20H25FN4O2. The Morgan fingerprint density at radius 1 is 1.19 bits per heavy atom. The highest BCUT2D eigenvalue weighted by Gasteiger charge is 2.26. The van der Waals surface area contributed by atoms with Gasteiger partial charge in [0.15, 0.2) is 11.6 Å². The summed E-state index contributed by atoms with van der Waals surface area (Å²) < 4.78 is 19.1. The maximum absolute atomic E-state index is 14.0. The van der Waals surface area contributed by atoms with Gasteiger partial charge in [-0.15, -0.1) is 0 Å². The van der Waals surface area contributed by atoms with Crippen molar-refractivity contribution >= 4 is 22.6 Å². The number of amides is 1. The lowest BCUT2D eigenvalue weighted by atomic mass is 9.95. The van der Waals surface area contributed by atoms with Gasteiger partial charge in [-0.1, -0.05) is 0 Å². The van der Waals surface area contributed by atoms with Crippen molar-refractivity contribution < 1.29 is 13.9 Å². The van der Waals surface area contributed by atoms with E-state index in [0.717, 1.165) is 63.1 Å². The van der Waals surface area contributed by atoms with Crippen molar-refractivity contribution in [2.45, 2.75) is 32.1 Å². The van der Waals surface area contributed by atoms with Crippen LogP contribution in [0.5, 0.6) is 5.75 Å². The lowest BCUT2D eigenvalue weighted by Gasteiger charge is -2.36. The fourth-order valence-electron chi connectivity index (χ4n) is 4.15. The van der Waals surface area contributed by atoms with Crippen LogP contribution in [0.3, 0.4) is 0 Å². The first-order valence-corrected chi connectivity index (χ1v) is 9.66. The molecule has 0 bridgehead atoms. The van der Waals surface area contributed by atoms with Crippen LogP contribution in [0.4, 0.5) is 10.2 Å². The van der Waals surface area contributed by atoms with Crippen LogP contribution >= 0.6 is 0 Å². The van der Waals surface area contributed by atoms with Crippen molar-refractivity contribution in [3.05, 3.63) is 24.3 Å². The number of likely N-dealkylation sites (tertiary alicyclic amines) is 1. The van der Waals surface area contributed by atoms with Crippen LogP contribution < -0.4 is 9.64 Å². The molecule has 0 saturated carbocycles. The molecule has 2 saturated heterocycles. The van der Waals surface area contributed by atoms with Crippen LogP contribution in [0.1, 0.15) is 32.1 Å². The van der Waals surface area contributed by atoms with E-state index in [0.29, 0.717) is 23.8 Å². The zero-order valence-electron chi connectivity index (χ0n) is 15.7. The molecule has 2 aromatic rings. The number of ether oxygens (including phenoxy) is 1. The molecule has 0 aliphatic carbocycles. The fraction of sp³-hybridized carbons (Fsp3) is 0.550. The summed E-state index contributed by atoms with van der Waals surface area (Å²) in [6.07, 6.45) is 6.38. The zero-order valence-corrected chi connectivity index (χ0v) is 15.7. The standard InChI is InChI=1S/C20H25FN4O2/c1-27-18-10-15-17(11-16(18)21)22-13-23-20(15)24-8-5-14(6-9-24)12-25-7-3-2-4-19(25)26/h10-11,13-14H,2-9,12H2,1H3. The molecule has 27 heavy (non-hydrogen) atoms. The molecule has 2 fully saturated rings. The molecule has 1 aromatic heterocycles. The Balaban J connectivity index is 1.47. The highest BCUT2D eigenvalue weighted by Crippen LogP contribution is 2.31. The van der Waals surface area contributed by atoms with Crippen molar-refractivity contribution in [3.63, 3.8) is 0 Å². The second kappa shape index (κ2) is 7.66. The molecule has 7 heteroatoms. The number of benzene rings is 1. The smallest absolute Gasteiger partial charge is 0.222 e. The number of methoxy groups -OCH3 is 1. The Kier molecular flexibility index (Phi) is 5.09. The summed E-state index contributed by atoms with van der Waals surface area (Å²) >= 11 is 0. The first-order valence-electron chi connectivity index (χ1n) is 9.66. The maximum Gasteiger partial charge on any atom is 0.222 e. The minimum absolute atomic E-state index is 0.206. The lowest BCUT2D eigenvalue weighted by Crippen LogP contribution is -2.43. The van der Waals surface area contributed by atoms with Crippen LogP contribution in [-0.4, -0.2) is 54.1 Å². The number of piperidine rings is 2. The largest absolute Gasteiger partial charge is 0.494 e. The molecule has 0 spiro atoms. The van der Waals surface area contributed by atoms with Crippen molar-refractivity contribution in [2.24, 2.45) is 5.92 Å². The Labute approximate surface area is 158 Å². The molecule has 0 atom stereocenters. The van der Waals surface area contributed by atoms with E-state index in [1.165, 1.54) is 19.5 Å². The van der Waals surface area contributed by atoms with E-state index in [2.05, 4.69) is 14.9 Å². The average Bonchev–Trinajstić information content (AvgIpc) is 2.69. The molecule has 1 amide bonds. The molecule has 4 rings (SSSR count). The molecule has 0 unspecified atom stereocenters. The van der Waals surface area contributed by atoms with Crippen molar-refractivity contribution in [1.82, 2.24) is 14.9 Å². The molecule has 144 valence electrons.